The molecule has 0 aliphatic carbocycles. The molecule has 2 aliphatic heterocycles. The smallest absolute Gasteiger partial charge is 0.223 e. The summed E-state index contributed by atoms with van der Waals surface area (Å²) >= 11 is 0. The summed E-state index contributed by atoms with van der Waals surface area (Å²) < 4.78 is 1.99. The lowest BCUT2D eigenvalue weighted by Crippen LogP contribution is -2.41. The maximum absolute atomic E-state index is 12.7. The van der Waals surface area contributed by atoms with Crippen LogP contribution in [0, 0.1) is 5.92 Å². The summed E-state index contributed by atoms with van der Waals surface area (Å²) in [6.45, 7) is 4.25. The molecule has 0 unspecified atom stereocenters. The van der Waals surface area contributed by atoms with Crippen LogP contribution in [0.1, 0.15) is 29.7 Å². The van der Waals surface area contributed by atoms with Gasteiger partial charge in [-0.25, -0.2) is 4.98 Å². The Kier molecular flexibility index (Phi) is 5.36. The third-order valence-electron chi connectivity index (χ3n) is 6.26. The SMILES string of the molecule is O=C(NCc1ccccc1)C1CCN(c2c3c(nc4ccnn24)CCNCC3)CC1. The quantitative estimate of drug-likeness (QED) is 0.695. The zero-order chi connectivity index (χ0) is 20.3. The van der Waals surface area contributed by atoms with Crippen LogP contribution >= 0.6 is 0 Å². The van der Waals surface area contributed by atoms with Crippen molar-refractivity contribution in [3.05, 3.63) is 59.4 Å². The van der Waals surface area contributed by atoms with Crippen LogP contribution in [-0.4, -0.2) is 46.7 Å². The first-order chi connectivity index (χ1) is 14.8. The minimum absolute atomic E-state index is 0.0696. The van der Waals surface area contributed by atoms with Crippen molar-refractivity contribution in [3.8, 4) is 0 Å². The van der Waals surface area contributed by atoms with Crippen LogP contribution in [0.25, 0.3) is 5.65 Å². The fourth-order valence-corrected chi connectivity index (χ4v) is 4.62. The molecule has 30 heavy (non-hydrogen) atoms. The van der Waals surface area contributed by atoms with Crippen LogP contribution in [-0.2, 0) is 24.2 Å². The standard InChI is InChI=1S/C23H28N6O/c30-22(25-16-17-4-2-1-3-5-17)18-9-14-28(15-10-18)23-19-6-11-24-12-7-20(19)27-21-8-13-26-29(21)23/h1-5,8,13,18,24H,6-7,9-12,14-16H2,(H,25,30). The molecule has 156 valence electrons. The zero-order valence-corrected chi connectivity index (χ0v) is 17.2. The summed E-state index contributed by atoms with van der Waals surface area (Å²) in [6.07, 6.45) is 5.46. The first-order valence-corrected chi connectivity index (χ1v) is 10.9. The van der Waals surface area contributed by atoms with Crippen LogP contribution in [0.3, 0.4) is 0 Å². The number of amides is 1. The van der Waals surface area contributed by atoms with E-state index in [1.54, 1.807) is 0 Å². The van der Waals surface area contributed by atoms with Gasteiger partial charge in [0.2, 0.25) is 5.91 Å². The Labute approximate surface area is 176 Å². The van der Waals surface area contributed by atoms with Gasteiger partial charge in [0.25, 0.3) is 0 Å². The first-order valence-electron chi connectivity index (χ1n) is 10.9. The maximum Gasteiger partial charge on any atom is 0.223 e. The van der Waals surface area contributed by atoms with Crippen molar-refractivity contribution in [1.29, 1.82) is 0 Å². The zero-order valence-electron chi connectivity index (χ0n) is 17.2. The molecule has 1 amide bonds. The number of nitrogens with zero attached hydrogens (tertiary/aromatic N) is 4. The molecule has 5 rings (SSSR count). The normalized spacial score (nSPS) is 17.5. The molecule has 1 fully saturated rings. The Bertz CT molecular complexity index is 1020. The summed E-state index contributed by atoms with van der Waals surface area (Å²) in [6, 6.07) is 12.1. The third-order valence-corrected chi connectivity index (χ3v) is 6.26. The number of benzene rings is 1. The minimum Gasteiger partial charge on any atom is -0.356 e. The summed E-state index contributed by atoms with van der Waals surface area (Å²) in [5.74, 6) is 1.41. The van der Waals surface area contributed by atoms with E-state index in [9.17, 15) is 4.79 Å². The van der Waals surface area contributed by atoms with Gasteiger partial charge in [-0.2, -0.15) is 9.61 Å². The van der Waals surface area contributed by atoms with Gasteiger partial charge >= 0.3 is 0 Å². The van der Waals surface area contributed by atoms with E-state index < -0.39 is 0 Å². The number of rotatable bonds is 4. The molecule has 0 spiro atoms. The van der Waals surface area contributed by atoms with Gasteiger partial charge in [0.05, 0.1) is 11.9 Å². The van der Waals surface area contributed by atoms with Crippen molar-refractivity contribution in [2.75, 3.05) is 31.1 Å². The Morgan fingerprint density at radius 1 is 1.10 bits per heavy atom. The summed E-state index contributed by atoms with van der Waals surface area (Å²) in [4.78, 5) is 20.0. The Balaban J connectivity index is 1.30. The number of piperidine rings is 1. The number of anilines is 1. The van der Waals surface area contributed by atoms with E-state index in [0.717, 1.165) is 63.1 Å². The average Bonchev–Trinajstić information content (AvgIpc) is 3.13. The van der Waals surface area contributed by atoms with E-state index in [1.807, 2.05) is 47.1 Å². The second-order valence-electron chi connectivity index (χ2n) is 8.18. The predicted octanol–water partition coefficient (Wildman–Crippen LogP) is 1.95. The molecule has 3 aromatic rings. The van der Waals surface area contributed by atoms with Gasteiger partial charge in [0.15, 0.2) is 5.65 Å². The van der Waals surface area contributed by atoms with Gasteiger partial charge in [-0.3, -0.25) is 4.79 Å². The van der Waals surface area contributed by atoms with Crippen LogP contribution in [0.5, 0.6) is 0 Å². The molecule has 2 aliphatic rings. The number of carbonyl (C=O) groups excluding carboxylic acids is 1. The van der Waals surface area contributed by atoms with Gasteiger partial charge < -0.3 is 15.5 Å². The molecule has 0 bridgehead atoms. The molecule has 0 saturated carbocycles. The number of carbonyl (C=O) groups is 1. The Morgan fingerprint density at radius 3 is 2.73 bits per heavy atom. The lowest BCUT2D eigenvalue weighted by atomic mass is 9.95. The van der Waals surface area contributed by atoms with Crippen LogP contribution in [0.2, 0.25) is 0 Å². The summed E-state index contributed by atoms with van der Waals surface area (Å²) in [7, 11) is 0. The average molecular weight is 405 g/mol. The molecule has 7 nitrogen and oxygen atoms in total. The highest BCUT2D eigenvalue weighted by atomic mass is 16.1. The van der Waals surface area contributed by atoms with Crippen molar-refractivity contribution in [3.63, 3.8) is 0 Å². The molecule has 1 saturated heterocycles. The van der Waals surface area contributed by atoms with Crippen molar-refractivity contribution in [1.82, 2.24) is 25.2 Å². The van der Waals surface area contributed by atoms with E-state index in [1.165, 1.54) is 17.1 Å². The number of aromatic nitrogens is 3. The van der Waals surface area contributed by atoms with Crippen LogP contribution in [0.4, 0.5) is 5.82 Å². The third kappa shape index (κ3) is 3.77. The van der Waals surface area contributed by atoms with E-state index in [2.05, 4.69) is 20.6 Å². The highest BCUT2D eigenvalue weighted by molar-refractivity contribution is 5.79. The molecular weight excluding hydrogens is 376 g/mol. The fraction of sp³-hybridized carbons (Fsp3) is 0.435. The van der Waals surface area contributed by atoms with Gasteiger partial charge in [-0.1, -0.05) is 30.3 Å². The lowest BCUT2D eigenvalue weighted by Gasteiger charge is -2.34. The van der Waals surface area contributed by atoms with Gasteiger partial charge in [0.1, 0.15) is 5.82 Å². The second kappa shape index (κ2) is 8.44. The molecule has 0 radical (unpaired) electrons. The number of hydrogen-bond donors (Lipinski definition) is 2. The van der Waals surface area contributed by atoms with Crippen molar-refractivity contribution in [2.45, 2.75) is 32.2 Å². The summed E-state index contributed by atoms with van der Waals surface area (Å²) in [5.41, 5.74) is 4.54. The highest BCUT2D eigenvalue weighted by Crippen LogP contribution is 2.30. The van der Waals surface area contributed by atoms with Crippen molar-refractivity contribution >= 4 is 17.4 Å². The van der Waals surface area contributed by atoms with E-state index in [0.29, 0.717) is 6.54 Å². The summed E-state index contributed by atoms with van der Waals surface area (Å²) in [5, 5.41) is 11.2. The van der Waals surface area contributed by atoms with E-state index in [-0.39, 0.29) is 11.8 Å². The number of hydrogen-bond acceptors (Lipinski definition) is 5. The van der Waals surface area contributed by atoms with Crippen molar-refractivity contribution < 1.29 is 4.79 Å². The van der Waals surface area contributed by atoms with Gasteiger partial charge in [-0.05, 0) is 31.4 Å². The monoisotopic (exact) mass is 404 g/mol. The topological polar surface area (TPSA) is 74.6 Å². The predicted molar refractivity (Wildman–Crippen MR) is 116 cm³/mol. The van der Waals surface area contributed by atoms with Crippen LogP contribution < -0.4 is 15.5 Å². The first kappa shape index (κ1) is 19.1. The molecule has 7 heteroatoms. The maximum atomic E-state index is 12.7. The molecule has 1 aromatic carbocycles. The molecular formula is C23H28N6O. The lowest BCUT2D eigenvalue weighted by molar-refractivity contribution is -0.125. The molecule has 0 atom stereocenters. The molecule has 2 aromatic heterocycles. The van der Waals surface area contributed by atoms with Crippen molar-refractivity contribution in [2.24, 2.45) is 5.92 Å². The number of fused-ring (bicyclic) bond motifs is 2. The number of nitrogens with one attached hydrogen (secondary N) is 2. The second-order valence-corrected chi connectivity index (χ2v) is 8.18. The molecule has 4 heterocycles. The Morgan fingerprint density at radius 2 is 1.90 bits per heavy atom. The minimum atomic E-state index is 0.0696. The van der Waals surface area contributed by atoms with E-state index in [4.69, 9.17) is 4.98 Å². The van der Waals surface area contributed by atoms with Gasteiger partial charge in [0, 0.05) is 50.1 Å². The largest absolute Gasteiger partial charge is 0.356 e. The Hall–Kier alpha value is -2.93. The van der Waals surface area contributed by atoms with E-state index >= 15 is 0 Å². The fourth-order valence-electron chi connectivity index (χ4n) is 4.62. The van der Waals surface area contributed by atoms with Gasteiger partial charge in [-0.15, -0.1) is 0 Å². The molecule has 2 N–H and O–H groups in total. The van der Waals surface area contributed by atoms with Crippen LogP contribution in [0.15, 0.2) is 42.6 Å². The highest BCUT2D eigenvalue weighted by Gasteiger charge is 2.29.